The number of hydrogen-bond donors (Lipinski definition) is 1. The number of nitrogens with one attached hydrogen (secondary N) is 1. The number of hydrogen-bond acceptors (Lipinski definition) is 2. The molecule has 2 heteroatoms. The maximum atomic E-state index is 4.01. The highest BCUT2D eigenvalue weighted by molar-refractivity contribution is 7.99. The highest BCUT2D eigenvalue weighted by Gasteiger charge is 2.26. The van der Waals surface area contributed by atoms with Gasteiger partial charge >= 0.3 is 0 Å². The molecular formula is C15H29NS. The predicted molar refractivity (Wildman–Crippen MR) is 78.8 cm³/mol. The molecule has 0 heterocycles. The minimum absolute atomic E-state index is 0.808. The van der Waals surface area contributed by atoms with E-state index in [1.165, 1.54) is 70.6 Å². The van der Waals surface area contributed by atoms with Gasteiger partial charge in [0.05, 0.1) is 0 Å². The second-order valence-corrected chi connectivity index (χ2v) is 6.95. The lowest BCUT2D eigenvalue weighted by Crippen LogP contribution is -2.46. The Kier molecular flexibility index (Phi) is 6.21. The van der Waals surface area contributed by atoms with Crippen molar-refractivity contribution in [1.82, 2.24) is 5.32 Å². The normalized spacial score (nSPS) is 33.0. The van der Waals surface area contributed by atoms with E-state index >= 15 is 0 Å². The second kappa shape index (κ2) is 7.68. The lowest BCUT2D eigenvalue weighted by molar-refractivity contribution is 0.307. The second-order valence-electron chi connectivity index (χ2n) is 5.87. The van der Waals surface area contributed by atoms with Gasteiger partial charge in [-0.25, -0.2) is 0 Å². The van der Waals surface area contributed by atoms with Crippen molar-refractivity contribution in [2.75, 3.05) is 6.26 Å². The van der Waals surface area contributed by atoms with Gasteiger partial charge in [0.1, 0.15) is 0 Å². The van der Waals surface area contributed by atoms with Crippen LogP contribution >= 0.6 is 11.8 Å². The van der Waals surface area contributed by atoms with Gasteiger partial charge in [-0.2, -0.15) is 11.8 Å². The van der Waals surface area contributed by atoms with Gasteiger partial charge < -0.3 is 5.32 Å². The van der Waals surface area contributed by atoms with Crippen molar-refractivity contribution < 1.29 is 0 Å². The van der Waals surface area contributed by atoms with Crippen LogP contribution in [-0.2, 0) is 0 Å². The van der Waals surface area contributed by atoms with E-state index in [-0.39, 0.29) is 0 Å². The molecule has 2 rings (SSSR count). The predicted octanol–water partition coefficient (Wildman–Crippen LogP) is 4.36. The quantitative estimate of drug-likeness (QED) is 0.804. The van der Waals surface area contributed by atoms with Crippen LogP contribution in [-0.4, -0.2) is 23.6 Å². The van der Waals surface area contributed by atoms with Crippen molar-refractivity contribution in [3.05, 3.63) is 0 Å². The molecule has 0 aliphatic heterocycles. The van der Waals surface area contributed by atoms with Crippen LogP contribution in [0.25, 0.3) is 0 Å². The summed E-state index contributed by atoms with van der Waals surface area (Å²) in [5.41, 5.74) is 0. The van der Waals surface area contributed by atoms with Crippen LogP contribution in [0.2, 0.25) is 0 Å². The Balaban J connectivity index is 1.80. The van der Waals surface area contributed by atoms with Crippen molar-refractivity contribution in [2.24, 2.45) is 0 Å². The van der Waals surface area contributed by atoms with Crippen molar-refractivity contribution in [3.8, 4) is 0 Å². The fourth-order valence-electron chi connectivity index (χ4n) is 3.50. The number of thioether (sulfide) groups is 1. The first-order valence-electron chi connectivity index (χ1n) is 7.69. The molecule has 0 aromatic heterocycles. The molecule has 0 aromatic rings. The zero-order valence-corrected chi connectivity index (χ0v) is 12.2. The Bertz CT molecular complexity index is 199. The Morgan fingerprint density at radius 1 is 0.765 bits per heavy atom. The van der Waals surface area contributed by atoms with E-state index in [4.69, 9.17) is 0 Å². The minimum atomic E-state index is 0.808. The molecule has 17 heavy (non-hydrogen) atoms. The lowest BCUT2D eigenvalue weighted by Gasteiger charge is -2.35. The molecule has 0 spiro atoms. The standard InChI is InChI=1S/C15H29NS/c1-17-15-12-8-7-11-14(15)16-13-9-5-3-2-4-6-10-13/h13-16H,2-12H2,1H3. The van der Waals surface area contributed by atoms with Gasteiger partial charge in [0, 0.05) is 17.3 Å². The summed E-state index contributed by atoms with van der Waals surface area (Å²) in [7, 11) is 0. The van der Waals surface area contributed by atoms with Gasteiger partial charge in [-0.1, -0.05) is 44.9 Å². The van der Waals surface area contributed by atoms with Crippen LogP contribution < -0.4 is 5.32 Å². The summed E-state index contributed by atoms with van der Waals surface area (Å²) in [4.78, 5) is 0. The summed E-state index contributed by atoms with van der Waals surface area (Å²) >= 11 is 2.09. The van der Waals surface area contributed by atoms with Gasteiger partial charge in [-0.05, 0) is 31.9 Å². The summed E-state index contributed by atoms with van der Waals surface area (Å²) < 4.78 is 0. The molecule has 0 amide bonds. The van der Waals surface area contributed by atoms with E-state index in [1.54, 1.807) is 0 Å². The molecule has 2 atom stereocenters. The molecule has 0 radical (unpaired) electrons. The fourth-order valence-corrected chi connectivity index (χ4v) is 4.44. The third-order valence-electron chi connectivity index (χ3n) is 4.56. The van der Waals surface area contributed by atoms with Crippen LogP contribution in [0.15, 0.2) is 0 Å². The average molecular weight is 255 g/mol. The maximum absolute atomic E-state index is 4.01. The van der Waals surface area contributed by atoms with Crippen LogP contribution in [0.4, 0.5) is 0 Å². The van der Waals surface area contributed by atoms with Gasteiger partial charge in [0.15, 0.2) is 0 Å². The van der Waals surface area contributed by atoms with Crippen LogP contribution in [0.1, 0.15) is 70.6 Å². The topological polar surface area (TPSA) is 12.0 Å². The summed E-state index contributed by atoms with van der Waals surface area (Å²) in [6.45, 7) is 0. The first kappa shape index (κ1) is 13.7. The lowest BCUT2D eigenvalue weighted by atomic mass is 9.91. The van der Waals surface area contributed by atoms with Crippen molar-refractivity contribution in [1.29, 1.82) is 0 Å². The van der Waals surface area contributed by atoms with E-state index in [2.05, 4.69) is 23.3 Å². The molecule has 0 aromatic carbocycles. The first-order valence-corrected chi connectivity index (χ1v) is 8.98. The zero-order valence-electron chi connectivity index (χ0n) is 11.4. The first-order chi connectivity index (χ1) is 8.40. The minimum Gasteiger partial charge on any atom is -0.310 e. The Morgan fingerprint density at radius 2 is 1.35 bits per heavy atom. The van der Waals surface area contributed by atoms with Crippen molar-refractivity contribution in [3.63, 3.8) is 0 Å². The van der Waals surface area contributed by atoms with Crippen LogP contribution in [0.3, 0.4) is 0 Å². The van der Waals surface area contributed by atoms with Crippen LogP contribution in [0.5, 0.6) is 0 Å². The average Bonchev–Trinajstić information content (AvgIpc) is 2.33. The Hall–Kier alpha value is 0.310. The fraction of sp³-hybridized carbons (Fsp3) is 1.00. The zero-order chi connectivity index (χ0) is 11.9. The highest BCUT2D eigenvalue weighted by atomic mass is 32.2. The van der Waals surface area contributed by atoms with E-state index < -0.39 is 0 Å². The molecule has 2 aliphatic carbocycles. The Labute approximate surface area is 112 Å². The monoisotopic (exact) mass is 255 g/mol. The summed E-state index contributed by atoms with van der Waals surface area (Å²) in [5, 5.41) is 4.89. The van der Waals surface area contributed by atoms with E-state index in [0.717, 1.165) is 17.3 Å². The van der Waals surface area contributed by atoms with Crippen LogP contribution in [0, 0.1) is 0 Å². The molecule has 2 aliphatic rings. The van der Waals surface area contributed by atoms with Gasteiger partial charge in [0.2, 0.25) is 0 Å². The molecule has 2 saturated carbocycles. The SMILES string of the molecule is CSC1CCCCC1NC1CCCCCCC1. The van der Waals surface area contributed by atoms with E-state index in [1.807, 2.05) is 0 Å². The molecule has 1 nitrogen and oxygen atoms in total. The van der Waals surface area contributed by atoms with Crippen molar-refractivity contribution in [2.45, 2.75) is 88.0 Å². The maximum Gasteiger partial charge on any atom is 0.0198 e. The van der Waals surface area contributed by atoms with Gasteiger partial charge in [-0.15, -0.1) is 0 Å². The van der Waals surface area contributed by atoms with Crippen molar-refractivity contribution >= 4 is 11.8 Å². The van der Waals surface area contributed by atoms with Gasteiger partial charge in [0.25, 0.3) is 0 Å². The summed E-state index contributed by atoms with van der Waals surface area (Å²) in [6, 6.07) is 1.64. The van der Waals surface area contributed by atoms with Gasteiger partial charge in [-0.3, -0.25) is 0 Å². The molecule has 2 unspecified atom stereocenters. The molecule has 0 bridgehead atoms. The third kappa shape index (κ3) is 4.48. The molecular weight excluding hydrogens is 226 g/mol. The highest BCUT2D eigenvalue weighted by Crippen LogP contribution is 2.28. The molecule has 1 N–H and O–H groups in total. The smallest absolute Gasteiger partial charge is 0.0198 e. The van der Waals surface area contributed by atoms with E-state index in [9.17, 15) is 0 Å². The molecule has 2 fully saturated rings. The third-order valence-corrected chi connectivity index (χ3v) is 5.73. The summed E-state index contributed by atoms with van der Waals surface area (Å²) in [5.74, 6) is 0. The largest absolute Gasteiger partial charge is 0.310 e. The molecule has 0 saturated heterocycles. The number of rotatable bonds is 3. The van der Waals surface area contributed by atoms with E-state index in [0.29, 0.717) is 0 Å². The Morgan fingerprint density at radius 3 is 2.06 bits per heavy atom. The molecule has 100 valence electrons. The summed E-state index contributed by atoms with van der Waals surface area (Å²) in [6.07, 6.45) is 18.2.